The van der Waals surface area contributed by atoms with Gasteiger partial charge in [-0.1, -0.05) is 0 Å². The molecular weight excluding hydrogens is 244 g/mol. The summed E-state index contributed by atoms with van der Waals surface area (Å²) in [7, 11) is 1.62. The van der Waals surface area contributed by atoms with Crippen LogP contribution < -0.4 is 10.5 Å². The molecule has 0 fully saturated rings. The van der Waals surface area contributed by atoms with E-state index in [1.807, 2.05) is 24.4 Å². The molecule has 0 aliphatic heterocycles. The van der Waals surface area contributed by atoms with Crippen LogP contribution in [0.3, 0.4) is 0 Å². The van der Waals surface area contributed by atoms with E-state index in [0.29, 0.717) is 6.54 Å². The predicted molar refractivity (Wildman–Crippen MR) is 73.5 cm³/mol. The summed E-state index contributed by atoms with van der Waals surface area (Å²) in [6.07, 6.45) is 3.62. The Morgan fingerprint density at radius 3 is 2.89 bits per heavy atom. The summed E-state index contributed by atoms with van der Waals surface area (Å²) >= 11 is 0. The fourth-order valence-corrected chi connectivity index (χ4v) is 2.25. The standard InChI is InChI=1S/C14H18N2O3/c1-19-11-4-5-13-12(7-11)10(3-2-6-15)8-16(13)9-14(17)18/h4-5,7-8H,2-3,6,9,15H2,1H3,(H,17,18). The van der Waals surface area contributed by atoms with Crippen LogP contribution in [0, 0.1) is 0 Å². The Kier molecular flexibility index (Phi) is 4.06. The van der Waals surface area contributed by atoms with Crippen LogP contribution in [0.15, 0.2) is 24.4 Å². The number of hydrogen-bond donors (Lipinski definition) is 2. The van der Waals surface area contributed by atoms with Gasteiger partial charge in [0.1, 0.15) is 12.3 Å². The fourth-order valence-electron chi connectivity index (χ4n) is 2.25. The number of aliphatic carboxylic acids is 1. The zero-order valence-corrected chi connectivity index (χ0v) is 10.9. The van der Waals surface area contributed by atoms with E-state index in [2.05, 4.69) is 0 Å². The molecule has 102 valence electrons. The maximum atomic E-state index is 10.9. The van der Waals surface area contributed by atoms with Crippen molar-refractivity contribution in [2.75, 3.05) is 13.7 Å². The van der Waals surface area contributed by atoms with Gasteiger partial charge in [-0.15, -0.1) is 0 Å². The number of rotatable bonds is 6. The molecule has 5 nitrogen and oxygen atoms in total. The van der Waals surface area contributed by atoms with Gasteiger partial charge in [0.05, 0.1) is 7.11 Å². The molecule has 0 saturated carbocycles. The number of nitrogens with zero attached hydrogens (tertiary/aromatic N) is 1. The van der Waals surface area contributed by atoms with Crippen LogP contribution in [-0.2, 0) is 17.8 Å². The molecule has 0 bridgehead atoms. The molecule has 0 spiro atoms. The van der Waals surface area contributed by atoms with Crippen LogP contribution in [0.4, 0.5) is 0 Å². The van der Waals surface area contributed by atoms with Crippen molar-refractivity contribution in [3.8, 4) is 5.75 Å². The van der Waals surface area contributed by atoms with Crippen LogP contribution in [0.1, 0.15) is 12.0 Å². The van der Waals surface area contributed by atoms with Gasteiger partial charge in [-0.3, -0.25) is 4.79 Å². The second-order valence-corrected chi connectivity index (χ2v) is 4.45. The maximum absolute atomic E-state index is 10.9. The van der Waals surface area contributed by atoms with E-state index in [4.69, 9.17) is 15.6 Å². The van der Waals surface area contributed by atoms with E-state index in [9.17, 15) is 4.79 Å². The van der Waals surface area contributed by atoms with Crippen molar-refractivity contribution in [1.29, 1.82) is 0 Å². The highest BCUT2D eigenvalue weighted by Crippen LogP contribution is 2.26. The zero-order valence-electron chi connectivity index (χ0n) is 10.9. The molecular formula is C14H18N2O3. The first-order valence-electron chi connectivity index (χ1n) is 6.23. The van der Waals surface area contributed by atoms with E-state index in [-0.39, 0.29) is 6.54 Å². The number of ether oxygens (including phenoxy) is 1. The third-order valence-electron chi connectivity index (χ3n) is 3.13. The Bertz CT molecular complexity index is 590. The minimum absolute atomic E-state index is 0.0363. The highest BCUT2D eigenvalue weighted by atomic mass is 16.5. The summed E-state index contributed by atoms with van der Waals surface area (Å²) in [6.45, 7) is 0.584. The molecule has 1 heterocycles. The maximum Gasteiger partial charge on any atom is 0.323 e. The molecule has 0 aliphatic carbocycles. The average Bonchev–Trinajstić information content (AvgIpc) is 2.73. The van der Waals surface area contributed by atoms with Gasteiger partial charge in [0, 0.05) is 17.1 Å². The molecule has 3 N–H and O–H groups in total. The van der Waals surface area contributed by atoms with E-state index in [0.717, 1.165) is 35.1 Å². The molecule has 1 aromatic heterocycles. The van der Waals surface area contributed by atoms with Crippen LogP contribution in [0.25, 0.3) is 10.9 Å². The summed E-state index contributed by atoms with van der Waals surface area (Å²) in [6, 6.07) is 5.68. The zero-order chi connectivity index (χ0) is 13.8. The SMILES string of the molecule is COc1ccc2c(c1)c(CCCN)cn2CC(=O)O. The van der Waals surface area contributed by atoms with E-state index in [1.54, 1.807) is 11.7 Å². The summed E-state index contributed by atoms with van der Waals surface area (Å²) < 4.78 is 6.97. The van der Waals surface area contributed by atoms with Crippen molar-refractivity contribution in [2.45, 2.75) is 19.4 Å². The predicted octanol–water partition coefficient (Wildman–Crippen LogP) is 1.63. The number of hydrogen-bond acceptors (Lipinski definition) is 3. The summed E-state index contributed by atoms with van der Waals surface area (Å²) in [5, 5.41) is 9.98. The van der Waals surface area contributed by atoms with Gasteiger partial charge in [-0.2, -0.15) is 0 Å². The molecule has 2 aromatic rings. The normalized spacial score (nSPS) is 10.8. The van der Waals surface area contributed by atoms with Gasteiger partial charge in [-0.25, -0.2) is 0 Å². The molecule has 0 aliphatic rings. The fraction of sp³-hybridized carbons (Fsp3) is 0.357. The summed E-state index contributed by atoms with van der Waals surface area (Å²) in [5.74, 6) is -0.0762. The van der Waals surface area contributed by atoms with Crippen molar-refractivity contribution < 1.29 is 14.6 Å². The summed E-state index contributed by atoms with van der Waals surface area (Å²) in [4.78, 5) is 10.9. The minimum atomic E-state index is -0.849. The van der Waals surface area contributed by atoms with Gasteiger partial charge in [-0.05, 0) is 43.1 Å². The highest BCUT2D eigenvalue weighted by Gasteiger charge is 2.11. The van der Waals surface area contributed by atoms with Gasteiger partial charge >= 0.3 is 5.97 Å². The van der Waals surface area contributed by atoms with E-state index >= 15 is 0 Å². The van der Waals surface area contributed by atoms with Crippen molar-refractivity contribution in [3.63, 3.8) is 0 Å². The first-order chi connectivity index (χ1) is 9.15. The van der Waals surface area contributed by atoms with Gasteiger partial charge in [0.2, 0.25) is 0 Å². The Balaban J connectivity index is 2.48. The number of carboxylic acid groups (broad SMARTS) is 1. The Morgan fingerprint density at radius 2 is 2.26 bits per heavy atom. The van der Waals surface area contributed by atoms with Gasteiger partial charge < -0.3 is 20.1 Å². The molecule has 0 saturated heterocycles. The number of aromatic nitrogens is 1. The first kappa shape index (κ1) is 13.4. The Morgan fingerprint density at radius 1 is 1.47 bits per heavy atom. The molecule has 19 heavy (non-hydrogen) atoms. The lowest BCUT2D eigenvalue weighted by atomic mass is 10.1. The number of methoxy groups -OCH3 is 1. The van der Waals surface area contributed by atoms with Gasteiger partial charge in [0.25, 0.3) is 0 Å². The second kappa shape index (κ2) is 5.75. The molecule has 0 radical (unpaired) electrons. The number of fused-ring (bicyclic) bond motifs is 1. The lowest BCUT2D eigenvalue weighted by Crippen LogP contribution is -2.07. The smallest absolute Gasteiger partial charge is 0.323 e. The topological polar surface area (TPSA) is 77.5 Å². The van der Waals surface area contributed by atoms with Crippen molar-refractivity contribution in [2.24, 2.45) is 5.73 Å². The average molecular weight is 262 g/mol. The Hall–Kier alpha value is -2.01. The molecule has 2 rings (SSSR count). The quantitative estimate of drug-likeness (QED) is 0.829. The molecule has 0 unspecified atom stereocenters. The third-order valence-corrected chi connectivity index (χ3v) is 3.13. The first-order valence-corrected chi connectivity index (χ1v) is 6.23. The van der Waals surface area contributed by atoms with Crippen LogP contribution in [-0.4, -0.2) is 29.3 Å². The van der Waals surface area contributed by atoms with E-state index < -0.39 is 5.97 Å². The number of nitrogens with two attached hydrogens (primary N) is 1. The van der Waals surface area contributed by atoms with Crippen molar-refractivity contribution in [3.05, 3.63) is 30.0 Å². The van der Waals surface area contributed by atoms with Crippen molar-refractivity contribution in [1.82, 2.24) is 4.57 Å². The highest BCUT2D eigenvalue weighted by molar-refractivity contribution is 5.86. The number of carboxylic acids is 1. The lowest BCUT2D eigenvalue weighted by molar-refractivity contribution is -0.137. The van der Waals surface area contributed by atoms with Crippen LogP contribution >= 0.6 is 0 Å². The number of carbonyl (C=O) groups is 1. The van der Waals surface area contributed by atoms with Crippen LogP contribution in [0.2, 0.25) is 0 Å². The third kappa shape index (κ3) is 2.88. The Labute approximate surface area is 111 Å². The molecule has 1 aromatic carbocycles. The lowest BCUT2D eigenvalue weighted by Gasteiger charge is -2.03. The summed E-state index contributed by atoms with van der Waals surface area (Å²) in [5.41, 5.74) is 7.56. The largest absolute Gasteiger partial charge is 0.497 e. The van der Waals surface area contributed by atoms with Gasteiger partial charge in [0.15, 0.2) is 0 Å². The molecule has 0 amide bonds. The van der Waals surface area contributed by atoms with E-state index in [1.165, 1.54) is 0 Å². The molecule has 5 heteroatoms. The molecule has 0 atom stereocenters. The van der Waals surface area contributed by atoms with Crippen molar-refractivity contribution >= 4 is 16.9 Å². The van der Waals surface area contributed by atoms with Crippen LogP contribution in [0.5, 0.6) is 5.75 Å². The second-order valence-electron chi connectivity index (χ2n) is 4.45. The number of aryl methyl sites for hydroxylation is 1. The minimum Gasteiger partial charge on any atom is -0.497 e. The monoisotopic (exact) mass is 262 g/mol. The number of benzene rings is 1.